The van der Waals surface area contributed by atoms with Crippen molar-refractivity contribution < 1.29 is 28.1 Å². The van der Waals surface area contributed by atoms with Crippen LogP contribution in [0.5, 0.6) is 0 Å². The van der Waals surface area contributed by atoms with E-state index in [-0.39, 0.29) is 25.4 Å². The number of imidazole rings is 1. The molecule has 0 aliphatic carbocycles. The Labute approximate surface area is 178 Å². The molecule has 0 bridgehead atoms. The first-order valence-corrected chi connectivity index (χ1v) is 11.3. The van der Waals surface area contributed by atoms with Crippen molar-refractivity contribution >= 4 is 35.8 Å². The van der Waals surface area contributed by atoms with Crippen molar-refractivity contribution in [3.8, 4) is 0 Å². The van der Waals surface area contributed by atoms with Gasteiger partial charge >= 0.3 is 5.66 Å². The molecular weight excluding hydrogens is 429 g/mol. The number of nitrogen functional groups attached to an aromatic ring is 1. The van der Waals surface area contributed by atoms with Crippen molar-refractivity contribution in [2.45, 2.75) is 58.0 Å². The van der Waals surface area contributed by atoms with E-state index in [1.807, 2.05) is 11.5 Å². The van der Waals surface area contributed by atoms with E-state index in [9.17, 15) is 18.5 Å². The minimum absolute atomic E-state index is 0.0853. The summed E-state index contributed by atoms with van der Waals surface area (Å²) in [5.74, 6) is 0.773. The fourth-order valence-electron chi connectivity index (χ4n) is 3.43. The summed E-state index contributed by atoms with van der Waals surface area (Å²) in [5.41, 5.74) is 3.69. The van der Waals surface area contributed by atoms with Crippen molar-refractivity contribution in [1.29, 1.82) is 0 Å². The first kappa shape index (κ1) is 23.5. The average Bonchev–Trinajstić information content (AvgIpc) is 3.02. The van der Waals surface area contributed by atoms with Crippen LogP contribution in [0.25, 0.3) is 21.9 Å². The molecule has 11 heteroatoms. The summed E-state index contributed by atoms with van der Waals surface area (Å²) in [5, 5.41) is 11.1. The molecule has 1 atom stereocenters. The number of fused-ring (bicyclic) bond motifs is 3. The second kappa shape index (κ2) is 8.78. The van der Waals surface area contributed by atoms with Gasteiger partial charge in [-0.25, -0.2) is 9.97 Å². The van der Waals surface area contributed by atoms with Crippen LogP contribution in [0.15, 0.2) is 18.2 Å². The highest BCUT2D eigenvalue weighted by Gasteiger charge is 2.35. The number of anilines is 1. The molecule has 170 valence electrons. The second-order valence-corrected chi connectivity index (χ2v) is 9.46. The lowest BCUT2D eigenvalue weighted by Crippen LogP contribution is -2.27. The molecule has 0 fully saturated rings. The largest absolute Gasteiger partial charge is 0.389 e. The number of hydrogen-bond acceptors (Lipinski definition) is 6. The normalized spacial score (nSPS) is 13.9. The van der Waals surface area contributed by atoms with Crippen molar-refractivity contribution in [2.75, 3.05) is 12.3 Å². The van der Waals surface area contributed by atoms with Crippen LogP contribution < -0.4 is 5.73 Å². The van der Waals surface area contributed by atoms with E-state index >= 15 is 0 Å². The average molecular weight is 456 g/mol. The molecule has 1 aromatic carbocycles. The minimum Gasteiger partial charge on any atom is -0.389 e. The molecule has 3 rings (SSSR count). The van der Waals surface area contributed by atoms with Gasteiger partial charge in [-0.15, -0.1) is 0 Å². The molecule has 2 heterocycles. The van der Waals surface area contributed by atoms with Crippen LogP contribution in [0.4, 0.5) is 14.6 Å². The van der Waals surface area contributed by atoms with Gasteiger partial charge in [0.15, 0.2) is 5.82 Å². The highest BCUT2D eigenvalue weighted by molar-refractivity contribution is 7.39. The Kier molecular flexibility index (Phi) is 6.67. The number of nitrogens with zero attached hydrogens (tertiary/aromatic N) is 3. The summed E-state index contributed by atoms with van der Waals surface area (Å²) < 4.78 is 45.3. The minimum atomic E-state index is -3.95. The number of ether oxygens (including phenoxy) is 1. The number of rotatable bonds is 9. The summed E-state index contributed by atoms with van der Waals surface area (Å²) in [6.45, 7) is 6.20. The van der Waals surface area contributed by atoms with E-state index in [1.54, 1.807) is 32.0 Å². The Balaban J connectivity index is 2.11. The maximum atomic E-state index is 13.5. The van der Waals surface area contributed by atoms with E-state index in [0.29, 0.717) is 39.9 Å². The van der Waals surface area contributed by atoms with E-state index in [1.165, 1.54) is 0 Å². The van der Waals surface area contributed by atoms with Gasteiger partial charge in [0.25, 0.3) is 8.03 Å². The number of aliphatic hydroxyl groups is 1. The number of aryl methyl sites for hydroxylation is 1. The smallest absolute Gasteiger partial charge is 0.319 e. The van der Waals surface area contributed by atoms with E-state index in [2.05, 4.69) is 9.97 Å². The zero-order chi connectivity index (χ0) is 23.0. The van der Waals surface area contributed by atoms with Gasteiger partial charge in [-0.2, -0.15) is 8.78 Å². The van der Waals surface area contributed by atoms with Gasteiger partial charge in [0, 0.05) is 18.4 Å². The van der Waals surface area contributed by atoms with E-state index in [0.717, 1.165) is 0 Å². The molecule has 0 spiro atoms. The van der Waals surface area contributed by atoms with Crippen LogP contribution in [0, 0.1) is 0 Å². The maximum absolute atomic E-state index is 13.5. The molecule has 0 radical (unpaired) electrons. The van der Waals surface area contributed by atoms with Crippen LogP contribution in [0.2, 0.25) is 0 Å². The van der Waals surface area contributed by atoms with Crippen molar-refractivity contribution in [2.24, 2.45) is 0 Å². The van der Waals surface area contributed by atoms with Gasteiger partial charge in [0.1, 0.15) is 17.9 Å². The van der Waals surface area contributed by atoms with Crippen LogP contribution >= 0.6 is 8.03 Å². The topological polar surface area (TPSA) is 123 Å². The van der Waals surface area contributed by atoms with E-state index in [4.69, 9.17) is 15.4 Å². The third-order valence-corrected chi connectivity index (χ3v) is 5.74. The SMILES string of the molecule is CCOCc1nc2c(N)nc3cc(CCC(F)(F)[PH](=O)O)ccc3c2n1CC(C)(C)O. The van der Waals surface area contributed by atoms with Gasteiger partial charge in [0.2, 0.25) is 0 Å². The molecule has 4 N–H and O–H groups in total. The number of alkyl halides is 2. The van der Waals surface area contributed by atoms with Gasteiger partial charge in [-0.3, -0.25) is 4.57 Å². The number of aromatic nitrogens is 3. The molecule has 3 aromatic rings. The number of nitrogens with two attached hydrogens (primary N) is 1. The molecule has 8 nitrogen and oxygen atoms in total. The number of pyridine rings is 1. The fourth-order valence-corrected chi connectivity index (χ4v) is 3.77. The Morgan fingerprint density at radius 3 is 2.61 bits per heavy atom. The Bertz CT molecular complexity index is 1130. The molecule has 0 saturated heterocycles. The highest BCUT2D eigenvalue weighted by atomic mass is 31.1. The van der Waals surface area contributed by atoms with Crippen molar-refractivity contribution in [3.05, 3.63) is 29.6 Å². The lowest BCUT2D eigenvalue weighted by atomic mass is 10.1. The van der Waals surface area contributed by atoms with Crippen molar-refractivity contribution in [1.82, 2.24) is 14.5 Å². The lowest BCUT2D eigenvalue weighted by Gasteiger charge is -2.20. The monoisotopic (exact) mass is 456 g/mol. The van der Waals surface area contributed by atoms with E-state index < -0.39 is 25.7 Å². The molecule has 2 aromatic heterocycles. The second-order valence-electron chi connectivity index (χ2n) is 8.12. The van der Waals surface area contributed by atoms with Gasteiger partial charge in [-0.1, -0.05) is 12.1 Å². The summed E-state index contributed by atoms with van der Waals surface area (Å²) in [6, 6.07) is 5.06. The molecule has 0 amide bonds. The highest BCUT2D eigenvalue weighted by Crippen LogP contribution is 2.42. The van der Waals surface area contributed by atoms with Crippen molar-refractivity contribution in [3.63, 3.8) is 0 Å². The summed E-state index contributed by atoms with van der Waals surface area (Å²) >= 11 is 0. The maximum Gasteiger partial charge on any atom is 0.319 e. The number of hydrogen-bond donors (Lipinski definition) is 3. The zero-order valence-corrected chi connectivity index (χ0v) is 18.7. The Hall–Kier alpha value is -2.13. The first-order chi connectivity index (χ1) is 14.4. The van der Waals surface area contributed by atoms with Gasteiger partial charge in [-0.05, 0) is 38.8 Å². The summed E-state index contributed by atoms with van der Waals surface area (Å²) in [4.78, 5) is 17.8. The first-order valence-electron chi connectivity index (χ1n) is 9.91. The molecule has 0 aliphatic rings. The molecule has 31 heavy (non-hydrogen) atoms. The fraction of sp³-hybridized carbons (Fsp3) is 0.500. The lowest BCUT2D eigenvalue weighted by molar-refractivity contribution is 0.0582. The van der Waals surface area contributed by atoms with Crippen LogP contribution in [-0.4, -0.2) is 42.4 Å². The molecule has 1 unspecified atom stereocenters. The Morgan fingerprint density at radius 2 is 2.00 bits per heavy atom. The standard InChI is InChI=1S/C20H27F2N4O4P/c1-4-30-10-15-25-16-17(26(15)11-19(2,3)27)13-6-5-12(9-14(13)24-18(16)23)7-8-20(21,22)31(28)29/h5-6,9,27,31H,4,7-8,10-11H2,1-3H3,(H2,23,24)(H,28,29). The summed E-state index contributed by atoms with van der Waals surface area (Å²) in [7, 11) is -3.95. The van der Waals surface area contributed by atoms with Crippen LogP contribution in [0.3, 0.4) is 0 Å². The number of halogens is 2. The molecule has 0 aliphatic heterocycles. The van der Waals surface area contributed by atoms with Gasteiger partial charge in [0.05, 0.1) is 23.2 Å². The number of benzene rings is 1. The summed E-state index contributed by atoms with van der Waals surface area (Å²) in [6.07, 6.45) is -0.822. The van der Waals surface area contributed by atoms with Crippen LogP contribution in [0.1, 0.15) is 38.6 Å². The molecular formula is C20H27F2N4O4P. The predicted molar refractivity (Wildman–Crippen MR) is 116 cm³/mol. The molecule has 0 saturated carbocycles. The third kappa shape index (κ3) is 5.20. The van der Waals surface area contributed by atoms with Gasteiger partial charge < -0.3 is 25.0 Å². The Morgan fingerprint density at radius 1 is 1.29 bits per heavy atom. The van der Waals surface area contributed by atoms with Crippen LogP contribution in [-0.2, 0) is 28.9 Å². The predicted octanol–water partition coefficient (Wildman–Crippen LogP) is 3.47. The third-order valence-electron chi connectivity index (χ3n) is 4.87. The zero-order valence-electron chi connectivity index (χ0n) is 17.7. The quantitative estimate of drug-likeness (QED) is 0.421.